The number of likely N-dealkylation sites (tertiary alicyclic amines) is 1. The molecule has 0 aromatic heterocycles. The Hall–Kier alpha value is -0.860. The molecule has 1 saturated heterocycles. The summed E-state index contributed by atoms with van der Waals surface area (Å²) in [6.45, 7) is 4.54. The summed E-state index contributed by atoms with van der Waals surface area (Å²) < 4.78 is 0. The van der Waals surface area contributed by atoms with Crippen LogP contribution in [-0.4, -0.2) is 24.5 Å². The minimum absolute atomic E-state index is 0.844. The lowest BCUT2D eigenvalue weighted by molar-refractivity contribution is 0.279. The van der Waals surface area contributed by atoms with E-state index < -0.39 is 0 Å². The summed E-state index contributed by atoms with van der Waals surface area (Å²) in [6.07, 6.45) is 0. The Bertz CT molecular complexity index is 324. The molecule has 0 spiro atoms. The van der Waals surface area contributed by atoms with Gasteiger partial charge in [-0.2, -0.15) is 0 Å². The molecule has 1 aromatic rings. The highest BCUT2D eigenvalue weighted by Gasteiger charge is 2.54. The van der Waals surface area contributed by atoms with Crippen molar-refractivity contribution in [2.24, 2.45) is 23.5 Å². The predicted molar refractivity (Wildman–Crippen MR) is 61.2 cm³/mol. The molecule has 3 rings (SSSR count). The molecule has 0 amide bonds. The van der Waals surface area contributed by atoms with E-state index in [1.807, 2.05) is 0 Å². The van der Waals surface area contributed by atoms with Crippen molar-refractivity contribution in [3.8, 4) is 0 Å². The second-order valence-electron chi connectivity index (χ2n) is 4.91. The molecule has 2 aliphatic rings. The van der Waals surface area contributed by atoms with E-state index in [4.69, 9.17) is 5.73 Å². The Morgan fingerprint density at radius 2 is 1.80 bits per heavy atom. The zero-order chi connectivity index (χ0) is 10.3. The first-order valence-corrected chi connectivity index (χ1v) is 5.85. The molecule has 1 heterocycles. The van der Waals surface area contributed by atoms with Crippen LogP contribution in [0, 0.1) is 17.8 Å². The lowest BCUT2D eigenvalue weighted by Gasteiger charge is -2.18. The van der Waals surface area contributed by atoms with Crippen LogP contribution in [0.25, 0.3) is 0 Å². The van der Waals surface area contributed by atoms with Gasteiger partial charge in [-0.1, -0.05) is 30.3 Å². The van der Waals surface area contributed by atoms with Crippen LogP contribution in [0.1, 0.15) is 5.56 Å². The Kier molecular flexibility index (Phi) is 2.26. The van der Waals surface area contributed by atoms with Crippen molar-refractivity contribution < 1.29 is 0 Å². The van der Waals surface area contributed by atoms with Crippen LogP contribution in [0.5, 0.6) is 0 Å². The van der Waals surface area contributed by atoms with Gasteiger partial charge in [0.25, 0.3) is 0 Å². The van der Waals surface area contributed by atoms with Crippen LogP contribution in [0.3, 0.4) is 0 Å². The Morgan fingerprint density at radius 1 is 1.13 bits per heavy atom. The van der Waals surface area contributed by atoms with Gasteiger partial charge in [-0.25, -0.2) is 0 Å². The molecule has 2 heteroatoms. The number of fused-ring (bicyclic) bond motifs is 1. The topological polar surface area (TPSA) is 29.3 Å². The first-order chi connectivity index (χ1) is 7.38. The zero-order valence-electron chi connectivity index (χ0n) is 8.97. The number of piperidine rings is 1. The third kappa shape index (κ3) is 1.68. The van der Waals surface area contributed by atoms with Crippen LogP contribution in [0.15, 0.2) is 30.3 Å². The molecule has 2 nitrogen and oxygen atoms in total. The summed E-state index contributed by atoms with van der Waals surface area (Å²) in [5.74, 6) is 2.68. The van der Waals surface area contributed by atoms with E-state index in [1.165, 1.54) is 18.7 Å². The summed E-state index contributed by atoms with van der Waals surface area (Å²) in [7, 11) is 0. The monoisotopic (exact) mass is 202 g/mol. The Balaban J connectivity index is 1.56. The van der Waals surface area contributed by atoms with Gasteiger partial charge in [0, 0.05) is 19.6 Å². The Morgan fingerprint density at radius 3 is 2.40 bits per heavy atom. The maximum Gasteiger partial charge on any atom is 0.0233 e. The number of hydrogen-bond donors (Lipinski definition) is 1. The number of rotatable bonds is 3. The summed E-state index contributed by atoms with van der Waals surface area (Å²) in [5.41, 5.74) is 7.14. The minimum atomic E-state index is 0.844. The number of nitrogens with two attached hydrogens (primary N) is 1. The maximum absolute atomic E-state index is 5.70. The van der Waals surface area contributed by atoms with Crippen LogP contribution >= 0.6 is 0 Å². The quantitative estimate of drug-likeness (QED) is 0.801. The molecule has 15 heavy (non-hydrogen) atoms. The molecule has 1 saturated carbocycles. The van der Waals surface area contributed by atoms with E-state index in [-0.39, 0.29) is 0 Å². The molecular weight excluding hydrogens is 184 g/mol. The van der Waals surface area contributed by atoms with Crippen molar-refractivity contribution >= 4 is 0 Å². The lowest BCUT2D eigenvalue weighted by atomic mass is 10.2. The number of hydrogen-bond acceptors (Lipinski definition) is 2. The SMILES string of the molecule is NC[C@@H]1C2CN(Cc3ccccc3)C[C@H]21. The molecule has 1 aliphatic carbocycles. The molecule has 0 radical (unpaired) electrons. The van der Waals surface area contributed by atoms with E-state index in [1.54, 1.807) is 0 Å². The van der Waals surface area contributed by atoms with E-state index >= 15 is 0 Å². The van der Waals surface area contributed by atoms with Crippen molar-refractivity contribution in [2.75, 3.05) is 19.6 Å². The van der Waals surface area contributed by atoms with Crippen molar-refractivity contribution in [3.05, 3.63) is 35.9 Å². The van der Waals surface area contributed by atoms with Gasteiger partial charge in [-0.15, -0.1) is 0 Å². The fraction of sp³-hybridized carbons (Fsp3) is 0.538. The second kappa shape index (κ2) is 3.62. The van der Waals surface area contributed by atoms with Gasteiger partial charge in [-0.3, -0.25) is 4.90 Å². The highest BCUT2D eigenvalue weighted by atomic mass is 15.2. The summed E-state index contributed by atoms with van der Waals surface area (Å²) in [4.78, 5) is 2.57. The van der Waals surface area contributed by atoms with Gasteiger partial charge < -0.3 is 5.73 Å². The molecule has 80 valence electrons. The fourth-order valence-corrected chi connectivity index (χ4v) is 3.06. The van der Waals surface area contributed by atoms with Gasteiger partial charge in [0.2, 0.25) is 0 Å². The van der Waals surface area contributed by atoms with Crippen LogP contribution in [0.2, 0.25) is 0 Å². The fourth-order valence-electron chi connectivity index (χ4n) is 3.06. The maximum atomic E-state index is 5.70. The lowest BCUT2D eigenvalue weighted by Crippen LogP contribution is -2.25. The number of nitrogens with zero attached hydrogens (tertiary/aromatic N) is 1. The molecular formula is C13H18N2. The van der Waals surface area contributed by atoms with Crippen molar-refractivity contribution in [3.63, 3.8) is 0 Å². The van der Waals surface area contributed by atoms with Crippen molar-refractivity contribution in [2.45, 2.75) is 6.54 Å². The molecule has 2 fully saturated rings. The second-order valence-corrected chi connectivity index (χ2v) is 4.91. The highest BCUT2D eigenvalue weighted by Crippen LogP contribution is 2.51. The Labute approximate surface area is 91.1 Å². The first-order valence-electron chi connectivity index (χ1n) is 5.85. The van der Waals surface area contributed by atoms with Crippen LogP contribution in [0.4, 0.5) is 0 Å². The van der Waals surface area contributed by atoms with Gasteiger partial charge in [0.05, 0.1) is 0 Å². The van der Waals surface area contributed by atoms with Crippen molar-refractivity contribution in [1.82, 2.24) is 4.90 Å². The smallest absolute Gasteiger partial charge is 0.0233 e. The van der Waals surface area contributed by atoms with Gasteiger partial charge >= 0.3 is 0 Å². The standard InChI is InChI=1S/C13H18N2/c14-6-11-12-8-15(9-13(11)12)7-10-4-2-1-3-5-10/h1-5,11-13H,6-9,14H2/t11-,12-,13?/m0/s1. The van der Waals surface area contributed by atoms with Crippen molar-refractivity contribution in [1.29, 1.82) is 0 Å². The summed E-state index contributed by atoms with van der Waals surface area (Å²) in [6, 6.07) is 10.7. The molecule has 3 atom stereocenters. The van der Waals surface area contributed by atoms with Gasteiger partial charge in [0.1, 0.15) is 0 Å². The minimum Gasteiger partial charge on any atom is -0.330 e. The van der Waals surface area contributed by atoms with Gasteiger partial charge in [-0.05, 0) is 29.9 Å². The largest absolute Gasteiger partial charge is 0.330 e. The average molecular weight is 202 g/mol. The van der Waals surface area contributed by atoms with E-state index in [0.717, 1.165) is 30.8 Å². The van der Waals surface area contributed by atoms with Gasteiger partial charge in [0.15, 0.2) is 0 Å². The van der Waals surface area contributed by atoms with E-state index in [9.17, 15) is 0 Å². The summed E-state index contributed by atoms with van der Waals surface area (Å²) in [5, 5.41) is 0. The third-order valence-corrected chi connectivity index (χ3v) is 3.97. The summed E-state index contributed by atoms with van der Waals surface area (Å²) >= 11 is 0. The normalized spacial score (nSPS) is 34.1. The first kappa shape index (κ1) is 9.37. The highest BCUT2D eigenvalue weighted by molar-refractivity contribution is 5.16. The average Bonchev–Trinajstić information content (AvgIpc) is 2.75. The molecule has 1 aliphatic heterocycles. The molecule has 1 aromatic carbocycles. The van der Waals surface area contributed by atoms with Crippen LogP contribution < -0.4 is 5.73 Å². The van der Waals surface area contributed by atoms with E-state index in [2.05, 4.69) is 35.2 Å². The third-order valence-electron chi connectivity index (χ3n) is 3.97. The molecule has 2 N–H and O–H groups in total. The van der Waals surface area contributed by atoms with E-state index in [0.29, 0.717) is 0 Å². The molecule has 1 unspecified atom stereocenters. The zero-order valence-corrected chi connectivity index (χ0v) is 8.97. The molecule has 0 bridgehead atoms. The predicted octanol–water partition coefficient (Wildman–Crippen LogP) is 1.32. The van der Waals surface area contributed by atoms with Crippen LogP contribution in [-0.2, 0) is 6.54 Å². The number of benzene rings is 1.